The molecule has 1 N–H and O–H groups in total. The molecule has 1 aliphatic rings. The van der Waals surface area contributed by atoms with Crippen molar-refractivity contribution in [3.8, 4) is 11.4 Å². The first kappa shape index (κ1) is 20.9. The fourth-order valence-electron chi connectivity index (χ4n) is 4.15. The van der Waals surface area contributed by atoms with Gasteiger partial charge in [-0.1, -0.05) is 0 Å². The number of amides is 2. The molecule has 0 unspecified atom stereocenters. The highest BCUT2D eigenvalue weighted by Crippen LogP contribution is 2.42. The van der Waals surface area contributed by atoms with E-state index in [4.69, 9.17) is 4.74 Å². The van der Waals surface area contributed by atoms with Gasteiger partial charge < -0.3 is 14.6 Å². The number of methoxy groups -OCH3 is 1. The molecule has 33 heavy (non-hydrogen) atoms. The molecule has 5 rings (SSSR count). The molecular formula is C24H19F3N4O2. The Bertz CT molecular complexity index is 1350. The second-order valence-electron chi connectivity index (χ2n) is 7.68. The van der Waals surface area contributed by atoms with Crippen LogP contribution in [0.15, 0.2) is 67.1 Å². The van der Waals surface area contributed by atoms with Gasteiger partial charge in [0.15, 0.2) is 0 Å². The molecule has 0 bridgehead atoms. The molecule has 2 aromatic heterocycles. The molecule has 1 aliphatic heterocycles. The lowest BCUT2D eigenvalue weighted by Gasteiger charge is -2.20. The fraction of sp³-hybridized carbons (Fsp3) is 0.167. The fourth-order valence-corrected chi connectivity index (χ4v) is 4.15. The van der Waals surface area contributed by atoms with E-state index in [1.54, 1.807) is 18.5 Å². The highest BCUT2D eigenvalue weighted by atomic mass is 19.4. The maximum atomic E-state index is 13.4. The molecular weight excluding hydrogens is 433 g/mol. The Labute approximate surface area is 187 Å². The second kappa shape index (κ2) is 7.84. The zero-order chi connectivity index (χ0) is 23.2. The molecule has 2 aromatic carbocycles. The predicted octanol–water partition coefficient (Wildman–Crippen LogP) is 5.65. The molecule has 4 aromatic rings. The summed E-state index contributed by atoms with van der Waals surface area (Å²) in [6.07, 6.45) is 1.23. The number of alkyl halides is 3. The van der Waals surface area contributed by atoms with Crippen LogP contribution >= 0.6 is 0 Å². The minimum atomic E-state index is -4.59. The summed E-state index contributed by atoms with van der Waals surface area (Å²) in [5.41, 5.74) is 2.38. The number of anilines is 2. The topological polar surface area (TPSA) is 59.4 Å². The van der Waals surface area contributed by atoms with Gasteiger partial charge in [0.05, 0.1) is 30.1 Å². The van der Waals surface area contributed by atoms with Crippen LogP contribution in [-0.4, -0.2) is 29.2 Å². The first-order valence-electron chi connectivity index (χ1n) is 10.2. The quantitative estimate of drug-likeness (QED) is 0.437. The van der Waals surface area contributed by atoms with E-state index in [-0.39, 0.29) is 18.0 Å². The maximum absolute atomic E-state index is 13.4. The minimum Gasteiger partial charge on any atom is -0.496 e. The number of hydrogen-bond acceptors (Lipinski definition) is 3. The highest BCUT2D eigenvalue weighted by molar-refractivity contribution is 6.04. The predicted molar refractivity (Wildman–Crippen MR) is 119 cm³/mol. The maximum Gasteiger partial charge on any atom is 0.420 e. The van der Waals surface area contributed by atoms with Gasteiger partial charge in [-0.25, -0.2) is 4.79 Å². The van der Waals surface area contributed by atoms with Crippen molar-refractivity contribution in [2.75, 3.05) is 23.9 Å². The molecule has 0 fully saturated rings. The third kappa shape index (κ3) is 3.75. The van der Waals surface area contributed by atoms with Gasteiger partial charge >= 0.3 is 12.2 Å². The summed E-state index contributed by atoms with van der Waals surface area (Å²) < 4.78 is 47.2. The van der Waals surface area contributed by atoms with E-state index in [1.807, 2.05) is 41.1 Å². The number of pyridine rings is 1. The lowest BCUT2D eigenvalue weighted by Crippen LogP contribution is -2.33. The standard InChI is InChI=1S/C24H19F3N4O2/c1-33-22-12-16-7-10-31(21(16)13-19(22)24(25,26)27)23(32)29-17-4-5-20-15(11-17)6-9-30(20)18-3-2-8-28-14-18/h2-6,8-9,11-14H,7,10H2,1H3,(H,29,32). The van der Waals surface area contributed by atoms with E-state index < -0.39 is 17.8 Å². The van der Waals surface area contributed by atoms with Crippen LogP contribution in [0.4, 0.5) is 29.3 Å². The van der Waals surface area contributed by atoms with Gasteiger partial charge in [-0.15, -0.1) is 0 Å². The highest BCUT2D eigenvalue weighted by Gasteiger charge is 2.37. The van der Waals surface area contributed by atoms with E-state index in [1.165, 1.54) is 18.1 Å². The molecule has 0 radical (unpaired) electrons. The number of carbonyl (C=O) groups excluding carboxylic acids is 1. The molecule has 6 nitrogen and oxygen atoms in total. The Morgan fingerprint density at radius 1 is 1.15 bits per heavy atom. The molecule has 0 aliphatic carbocycles. The van der Waals surface area contributed by atoms with Crippen molar-refractivity contribution in [2.24, 2.45) is 0 Å². The monoisotopic (exact) mass is 452 g/mol. The number of ether oxygens (including phenoxy) is 1. The Hall–Kier alpha value is -4.01. The summed E-state index contributed by atoms with van der Waals surface area (Å²) in [6.45, 7) is 0.283. The summed E-state index contributed by atoms with van der Waals surface area (Å²) in [6, 6.07) is 13.0. The minimum absolute atomic E-state index is 0.240. The van der Waals surface area contributed by atoms with Gasteiger partial charge in [-0.2, -0.15) is 13.2 Å². The van der Waals surface area contributed by atoms with Gasteiger partial charge in [0.2, 0.25) is 0 Å². The van der Waals surface area contributed by atoms with Gasteiger partial charge in [0.25, 0.3) is 0 Å². The molecule has 0 saturated heterocycles. The smallest absolute Gasteiger partial charge is 0.420 e. The zero-order valence-electron chi connectivity index (χ0n) is 17.6. The summed E-state index contributed by atoms with van der Waals surface area (Å²) in [7, 11) is 1.20. The van der Waals surface area contributed by atoms with Crippen LogP contribution in [0.5, 0.6) is 5.75 Å². The van der Waals surface area contributed by atoms with E-state index in [9.17, 15) is 18.0 Å². The van der Waals surface area contributed by atoms with Gasteiger partial charge in [0, 0.05) is 35.7 Å². The van der Waals surface area contributed by atoms with Crippen LogP contribution in [0.2, 0.25) is 0 Å². The van der Waals surface area contributed by atoms with Crippen molar-refractivity contribution in [1.82, 2.24) is 9.55 Å². The van der Waals surface area contributed by atoms with Crippen LogP contribution in [0.1, 0.15) is 11.1 Å². The van der Waals surface area contributed by atoms with E-state index in [2.05, 4.69) is 10.3 Å². The number of nitrogens with one attached hydrogen (secondary N) is 1. The van der Waals surface area contributed by atoms with Crippen LogP contribution in [0.3, 0.4) is 0 Å². The van der Waals surface area contributed by atoms with Gasteiger partial charge in [0.1, 0.15) is 5.75 Å². The Morgan fingerprint density at radius 3 is 2.73 bits per heavy atom. The molecule has 2 amide bonds. The second-order valence-corrected chi connectivity index (χ2v) is 7.68. The lowest BCUT2D eigenvalue weighted by molar-refractivity contribution is -0.138. The number of benzene rings is 2. The van der Waals surface area contributed by atoms with Crippen molar-refractivity contribution in [2.45, 2.75) is 12.6 Å². The Balaban J connectivity index is 1.41. The average molecular weight is 452 g/mol. The number of aromatic nitrogens is 2. The Kier molecular flexibility index (Phi) is 4.96. The summed E-state index contributed by atoms with van der Waals surface area (Å²) in [5.74, 6) is -0.243. The average Bonchev–Trinajstić information content (AvgIpc) is 3.41. The third-order valence-corrected chi connectivity index (χ3v) is 5.71. The van der Waals surface area contributed by atoms with Crippen LogP contribution < -0.4 is 15.0 Å². The van der Waals surface area contributed by atoms with Crippen molar-refractivity contribution in [3.05, 3.63) is 78.2 Å². The number of halogens is 3. The summed E-state index contributed by atoms with van der Waals surface area (Å²) in [4.78, 5) is 18.4. The lowest BCUT2D eigenvalue weighted by atomic mass is 10.1. The number of urea groups is 1. The zero-order valence-corrected chi connectivity index (χ0v) is 17.6. The van der Waals surface area contributed by atoms with Crippen molar-refractivity contribution < 1.29 is 22.7 Å². The molecule has 0 spiro atoms. The van der Waals surface area contributed by atoms with E-state index in [0.29, 0.717) is 17.7 Å². The third-order valence-electron chi connectivity index (χ3n) is 5.71. The number of rotatable bonds is 3. The first-order valence-corrected chi connectivity index (χ1v) is 10.2. The Morgan fingerprint density at radius 2 is 2.00 bits per heavy atom. The number of nitrogens with zero attached hydrogens (tertiary/aromatic N) is 3. The number of hydrogen-bond donors (Lipinski definition) is 1. The molecule has 0 saturated carbocycles. The van der Waals surface area contributed by atoms with Crippen molar-refractivity contribution in [1.29, 1.82) is 0 Å². The van der Waals surface area contributed by atoms with E-state index in [0.717, 1.165) is 22.7 Å². The summed E-state index contributed by atoms with van der Waals surface area (Å²) >= 11 is 0. The molecule has 9 heteroatoms. The molecule has 168 valence electrons. The molecule has 3 heterocycles. The van der Waals surface area contributed by atoms with Gasteiger partial charge in [-0.3, -0.25) is 9.88 Å². The number of carbonyl (C=O) groups is 1. The van der Waals surface area contributed by atoms with Crippen LogP contribution in [0, 0.1) is 0 Å². The van der Waals surface area contributed by atoms with Crippen molar-refractivity contribution >= 4 is 28.3 Å². The summed E-state index contributed by atoms with van der Waals surface area (Å²) in [5, 5.41) is 3.71. The van der Waals surface area contributed by atoms with Crippen LogP contribution in [0.25, 0.3) is 16.6 Å². The van der Waals surface area contributed by atoms with Crippen LogP contribution in [-0.2, 0) is 12.6 Å². The first-order chi connectivity index (χ1) is 15.8. The number of fused-ring (bicyclic) bond motifs is 2. The molecule has 0 atom stereocenters. The normalized spacial score (nSPS) is 13.3. The van der Waals surface area contributed by atoms with Crippen molar-refractivity contribution in [3.63, 3.8) is 0 Å². The van der Waals surface area contributed by atoms with Gasteiger partial charge in [-0.05, 0) is 60.5 Å². The van der Waals surface area contributed by atoms with E-state index >= 15 is 0 Å². The SMILES string of the molecule is COc1cc2c(cc1C(F)(F)F)N(C(=O)Nc1ccc3c(ccn3-c3cccnc3)c1)CC2. The largest absolute Gasteiger partial charge is 0.496 e.